The summed E-state index contributed by atoms with van der Waals surface area (Å²) in [7, 11) is 0. The van der Waals surface area contributed by atoms with E-state index in [1.807, 2.05) is 31.5 Å². The number of nitrogens with zero attached hydrogens (tertiary/aromatic N) is 3. The second-order valence-electron chi connectivity index (χ2n) is 7.23. The maximum Gasteiger partial charge on any atom is 0.260 e. The molecule has 4 rings (SSSR count). The van der Waals surface area contributed by atoms with Gasteiger partial charge in [0, 0.05) is 16.9 Å². The molecule has 0 fully saturated rings. The lowest BCUT2D eigenvalue weighted by molar-refractivity contribution is 0.102. The Bertz CT molecular complexity index is 1240. The molecule has 4 aromatic rings. The SMILES string of the molecule is Cc1cc(C)n(Cc2nc(-c3ccc(NC(=O)c4c(F)cccc4Cl)cc3)oc2C)n1. The molecule has 2 aromatic heterocycles. The number of amides is 1. The van der Waals surface area contributed by atoms with E-state index in [9.17, 15) is 9.18 Å². The zero-order chi connectivity index (χ0) is 22.1. The van der Waals surface area contributed by atoms with E-state index in [2.05, 4.69) is 15.4 Å². The van der Waals surface area contributed by atoms with Gasteiger partial charge in [-0.25, -0.2) is 9.37 Å². The number of aromatic nitrogens is 3. The van der Waals surface area contributed by atoms with Gasteiger partial charge in [0.2, 0.25) is 5.89 Å². The number of hydrogen-bond donors (Lipinski definition) is 1. The van der Waals surface area contributed by atoms with E-state index < -0.39 is 11.7 Å². The van der Waals surface area contributed by atoms with Gasteiger partial charge in [0.25, 0.3) is 5.91 Å². The molecule has 0 bridgehead atoms. The minimum Gasteiger partial charge on any atom is -0.441 e. The molecule has 0 unspecified atom stereocenters. The molecule has 0 aliphatic heterocycles. The highest BCUT2D eigenvalue weighted by atomic mass is 35.5. The number of aryl methyl sites for hydroxylation is 3. The Morgan fingerprint density at radius 3 is 2.55 bits per heavy atom. The third kappa shape index (κ3) is 4.36. The molecule has 0 aliphatic rings. The summed E-state index contributed by atoms with van der Waals surface area (Å²) in [5.41, 5.74) is 3.87. The Morgan fingerprint density at radius 1 is 1.16 bits per heavy atom. The van der Waals surface area contributed by atoms with Crippen molar-refractivity contribution in [3.05, 3.63) is 87.8 Å². The van der Waals surface area contributed by atoms with Gasteiger partial charge in [-0.15, -0.1) is 0 Å². The predicted molar refractivity (Wildman–Crippen MR) is 117 cm³/mol. The average Bonchev–Trinajstić information content (AvgIpc) is 3.23. The summed E-state index contributed by atoms with van der Waals surface area (Å²) in [6, 6.07) is 13.1. The number of nitrogens with one attached hydrogen (secondary N) is 1. The van der Waals surface area contributed by atoms with Crippen molar-refractivity contribution in [3.63, 3.8) is 0 Å². The van der Waals surface area contributed by atoms with Crippen LogP contribution in [0.25, 0.3) is 11.5 Å². The maximum atomic E-state index is 13.9. The summed E-state index contributed by atoms with van der Waals surface area (Å²) >= 11 is 5.95. The van der Waals surface area contributed by atoms with Crippen LogP contribution in [-0.4, -0.2) is 20.7 Å². The summed E-state index contributed by atoms with van der Waals surface area (Å²) in [6.45, 7) is 6.33. The fourth-order valence-corrected chi connectivity index (χ4v) is 3.53. The smallest absolute Gasteiger partial charge is 0.260 e. The first-order valence-electron chi connectivity index (χ1n) is 9.65. The van der Waals surface area contributed by atoms with Crippen LogP contribution in [0.4, 0.5) is 10.1 Å². The molecule has 0 atom stereocenters. The lowest BCUT2D eigenvalue weighted by Gasteiger charge is -2.08. The van der Waals surface area contributed by atoms with E-state index >= 15 is 0 Å². The molecule has 31 heavy (non-hydrogen) atoms. The lowest BCUT2D eigenvalue weighted by atomic mass is 10.1. The van der Waals surface area contributed by atoms with E-state index in [4.69, 9.17) is 16.0 Å². The molecule has 1 N–H and O–H groups in total. The van der Waals surface area contributed by atoms with Crippen LogP contribution < -0.4 is 5.32 Å². The first-order valence-corrected chi connectivity index (χ1v) is 10.0. The number of carbonyl (C=O) groups excluding carboxylic acids is 1. The van der Waals surface area contributed by atoms with Crippen LogP contribution in [0.5, 0.6) is 0 Å². The molecule has 6 nitrogen and oxygen atoms in total. The minimum absolute atomic E-state index is 0.0551. The number of hydrogen-bond acceptors (Lipinski definition) is 4. The van der Waals surface area contributed by atoms with Gasteiger partial charge in [-0.3, -0.25) is 9.48 Å². The molecule has 2 heterocycles. The van der Waals surface area contributed by atoms with E-state index in [-0.39, 0.29) is 10.6 Å². The van der Waals surface area contributed by atoms with Crippen LogP contribution >= 0.6 is 11.6 Å². The molecule has 2 aromatic carbocycles. The number of rotatable bonds is 5. The van der Waals surface area contributed by atoms with Crippen molar-refractivity contribution in [3.8, 4) is 11.5 Å². The van der Waals surface area contributed by atoms with Gasteiger partial charge < -0.3 is 9.73 Å². The first kappa shape index (κ1) is 20.8. The van der Waals surface area contributed by atoms with Crippen LogP contribution in [0.1, 0.15) is 33.2 Å². The summed E-state index contributed by atoms with van der Waals surface area (Å²) in [5.74, 6) is -0.0970. The van der Waals surface area contributed by atoms with Crippen LogP contribution in [0.15, 0.2) is 52.9 Å². The predicted octanol–water partition coefficient (Wildman–Crippen LogP) is 5.56. The molecule has 0 spiro atoms. The van der Waals surface area contributed by atoms with Gasteiger partial charge in [0.05, 0.1) is 22.8 Å². The highest BCUT2D eigenvalue weighted by Gasteiger charge is 2.17. The molecular formula is C23H20ClFN4O2. The summed E-state index contributed by atoms with van der Waals surface area (Å²) in [6.07, 6.45) is 0. The molecule has 0 saturated carbocycles. The van der Waals surface area contributed by atoms with E-state index in [0.29, 0.717) is 23.9 Å². The van der Waals surface area contributed by atoms with Crippen molar-refractivity contribution < 1.29 is 13.6 Å². The van der Waals surface area contributed by atoms with Crippen molar-refractivity contribution in [2.75, 3.05) is 5.32 Å². The Balaban J connectivity index is 1.51. The lowest BCUT2D eigenvalue weighted by Crippen LogP contribution is -2.14. The molecule has 0 saturated heterocycles. The van der Waals surface area contributed by atoms with Crippen LogP contribution in [0, 0.1) is 26.6 Å². The number of benzene rings is 2. The van der Waals surface area contributed by atoms with E-state index in [1.54, 1.807) is 24.3 Å². The third-order valence-corrected chi connectivity index (χ3v) is 5.19. The standard InChI is InChI=1S/C23H20ClFN4O2/c1-13-11-14(2)29(28-13)12-20-15(3)31-23(27-20)16-7-9-17(10-8-16)26-22(30)21-18(24)5-4-6-19(21)25/h4-11H,12H2,1-3H3,(H,26,30). The highest BCUT2D eigenvalue weighted by Crippen LogP contribution is 2.25. The van der Waals surface area contributed by atoms with Crippen molar-refractivity contribution in [2.45, 2.75) is 27.3 Å². The van der Waals surface area contributed by atoms with Gasteiger partial charge in [-0.1, -0.05) is 17.7 Å². The van der Waals surface area contributed by atoms with Gasteiger partial charge in [-0.05, 0) is 63.2 Å². The number of carbonyl (C=O) groups is 1. The molecule has 8 heteroatoms. The molecule has 0 radical (unpaired) electrons. The molecule has 1 amide bonds. The molecule has 158 valence electrons. The number of oxazole rings is 1. The Labute approximate surface area is 183 Å². The van der Waals surface area contributed by atoms with Crippen molar-refractivity contribution in [1.29, 1.82) is 0 Å². The highest BCUT2D eigenvalue weighted by molar-refractivity contribution is 6.34. The summed E-state index contributed by atoms with van der Waals surface area (Å²) in [4.78, 5) is 17.0. The monoisotopic (exact) mass is 438 g/mol. The zero-order valence-electron chi connectivity index (χ0n) is 17.2. The van der Waals surface area contributed by atoms with Crippen LogP contribution in [0.2, 0.25) is 5.02 Å². The molecular weight excluding hydrogens is 419 g/mol. The van der Waals surface area contributed by atoms with Gasteiger partial charge in [0.1, 0.15) is 17.3 Å². The quantitative estimate of drug-likeness (QED) is 0.443. The number of halogens is 2. The fourth-order valence-electron chi connectivity index (χ4n) is 3.28. The topological polar surface area (TPSA) is 73.0 Å². The molecule has 0 aliphatic carbocycles. The minimum atomic E-state index is -0.674. The van der Waals surface area contributed by atoms with Gasteiger partial charge >= 0.3 is 0 Å². The van der Waals surface area contributed by atoms with E-state index in [1.165, 1.54) is 18.2 Å². The normalized spacial score (nSPS) is 11.0. The van der Waals surface area contributed by atoms with Crippen molar-refractivity contribution >= 4 is 23.2 Å². The summed E-state index contributed by atoms with van der Waals surface area (Å²) < 4.78 is 21.7. The maximum absolute atomic E-state index is 13.9. The van der Waals surface area contributed by atoms with Crippen LogP contribution in [-0.2, 0) is 6.54 Å². The second-order valence-corrected chi connectivity index (χ2v) is 7.64. The Hall–Kier alpha value is -3.45. The summed E-state index contributed by atoms with van der Waals surface area (Å²) in [5, 5.41) is 7.17. The van der Waals surface area contributed by atoms with E-state index in [0.717, 1.165) is 22.6 Å². The average molecular weight is 439 g/mol. The first-order chi connectivity index (χ1) is 14.8. The largest absolute Gasteiger partial charge is 0.441 e. The van der Waals surface area contributed by atoms with Gasteiger partial charge in [-0.2, -0.15) is 5.10 Å². The number of anilines is 1. The Morgan fingerprint density at radius 2 is 1.90 bits per heavy atom. The Kier molecular flexibility index (Phi) is 5.61. The van der Waals surface area contributed by atoms with Crippen LogP contribution in [0.3, 0.4) is 0 Å². The fraction of sp³-hybridized carbons (Fsp3) is 0.174. The van der Waals surface area contributed by atoms with Crippen molar-refractivity contribution in [2.24, 2.45) is 0 Å². The second kappa shape index (κ2) is 8.35. The van der Waals surface area contributed by atoms with Crippen molar-refractivity contribution in [1.82, 2.24) is 14.8 Å². The third-order valence-electron chi connectivity index (χ3n) is 4.88. The zero-order valence-corrected chi connectivity index (χ0v) is 18.0. The van der Waals surface area contributed by atoms with Gasteiger partial charge in [0.15, 0.2) is 0 Å².